The number of carbonyl (C=O) groups is 1. The number of thiol groups is 1. The molecule has 0 aromatic carbocycles. The molecule has 2 N–H and O–H groups in total. The highest BCUT2D eigenvalue weighted by atomic mass is 32.1. The Kier molecular flexibility index (Phi) is 3.89. The van der Waals surface area contributed by atoms with Crippen molar-refractivity contribution in [2.45, 2.75) is 26.3 Å². The van der Waals surface area contributed by atoms with Crippen LogP contribution in [-0.4, -0.2) is 11.2 Å². The van der Waals surface area contributed by atoms with Gasteiger partial charge in [0.15, 0.2) is 0 Å². The molecule has 0 aromatic rings. The molecule has 1 unspecified atom stereocenters. The molecule has 0 aliphatic rings. The van der Waals surface area contributed by atoms with Crippen LogP contribution >= 0.6 is 12.6 Å². The molecule has 2 atom stereocenters. The summed E-state index contributed by atoms with van der Waals surface area (Å²) < 4.78 is 0. The van der Waals surface area contributed by atoms with Crippen LogP contribution in [0, 0.1) is 5.92 Å². The Morgan fingerprint density at radius 3 is 2.33 bits per heavy atom. The highest BCUT2D eigenvalue weighted by Gasteiger charge is 2.15. The van der Waals surface area contributed by atoms with E-state index in [9.17, 15) is 4.79 Å². The first-order chi connectivity index (χ1) is 4.09. The molecule has 2 nitrogen and oxygen atoms in total. The van der Waals surface area contributed by atoms with Crippen LogP contribution in [0.3, 0.4) is 0 Å². The van der Waals surface area contributed by atoms with Gasteiger partial charge in [-0.05, 0) is 5.92 Å². The van der Waals surface area contributed by atoms with Gasteiger partial charge in [0.05, 0.1) is 6.04 Å². The van der Waals surface area contributed by atoms with Crippen LogP contribution in [0.15, 0.2) is 0 Å². The van der Waals surface area contributed by atoms with Crippen molar-refractivity contribution in [1.82, 2.24) is 0 Å². The molecule has 0 aliphatic heterocycles. The molecule has 0 bridgehead atoms. The standard InChI is InChI=1S/C6H13NOS/c1-3-4(2)5(7)6(8)9/h4-5H,3,7H2,1-2H3,(H,8,9)/t4?,5-/m1/s1. The van der Waals surface area contributed by atoms with Gasteiger partial charge in [0.1, 0.15) is 0 Å². The number of rotatable bonds is 3. The van der Waals surface area contributed by atoms with Crippen molar-refractivity contribution in [3.05, 3.63) is 0 Å². The summed E-state index contributed by atoms with van der Waals surface area (Å²) in [5, 5.41) is -0.218. The molecule has 0 heterocycles. The Bertz CT molecular complexity index is 105. The van der Waals surface area contributed by atoms with Crippen molar-refractivity contribution < 1.29 is 4.79 Å². The first kappa shape index (κ1) is 8.98. The molecule has 0 aliphatic carbocycles. The summed E-state index contributed by atoms with van der Waals surface area (Å²) >= 11 is 3.62. The summed E-state index contributed by atoms with van der Waals surface area (Å²) in [6, 6.07) is -0.390. The zero-order valence-electron chi connectivity index (χ0n) is 5.79. The molecule has 3 heteroatoms. The second-order valence-corrected chi connectivity index (χ2v) is 2.69. The minimum Gasteiger partial charge on any atom is -0.321 e. The highest BCUT2D eigenvalue weighted by molar-refractivity contribution is 7.96. The van der Waals surface area contributed by atoms with Crippen molar-refractivity contribution >= 4 is 17.7 Å². The second-order valence-electron chi connectivity index (χ2n) is 2.25. The molecule has 0 saturated carbocycles. The van der Waals surface area contributed by atoms with Gasteiger partial charge in [0.25, 0.3) is 0 Å². The molecular formula is C6H13NOS. The van der Waals surface area contributed by atoms with E-state index in [1.165, 1.54) is 0 Å². The van der Waals surface area contributed by atoms with Crippen LogP contribution in [0.2, 0.25) is 0 Å². The molecule has 9 heavy (non-hydrogen) atoms. The van der Waals surface area contributed by atoms with Crippen molar-refractivity contribution in [3.63, 3.8) is 0 Å². The van der Waals surface area contributed by atoms with Gasteiger partial charge in [0.2, 0.25) is 5.12 Å². The Hall–Kier alpha value is -0.0200. The average Bonchev–Trinajstić information content (AvgIpc) is 1.84. The van der Waals surface area contributed by atoms with Gasteiger partial charge >= 0.3 is 0 Å². The van der Waals surface area contributed by atoms with Gasteiger partial charge in [-0.3, -0.25) is 4.79 Å². The normalized spacial score (nSPS) is 16.9. The monoisotopic (exact) mass is 147 g/mol. The first-order valence-electron chi connectivity index (χ1n) is 3.08. The highest BCUT2D eigenvalue weighted by Crippen LogP contribution is 2.06. The first-order valence-corrected chi connectivity index (χ1v) is 3.52. The predicted octanol–water partition coefficient (Wildman–Crippen LogP) is 0.816. The summed E-state index contributed by atoms with van der Waals surface area (Å²) in [6.07, 6.45) is 0.924. The number of hydrogen-bond donors (Lipinski definition) is 2. The van der Waals surface area contributed by atoms with E-state index in [0.717, 1.165) is 6.42 Å². The molecule has 54 valence electrons. The smallest absolute Gasteiger partial charge is 0.202 e. The molecule has 0 saturated heterocycles. The fraction of sp³-hybridized carbons (Fsp3) is 0.833. The van der Waals surface area contributed by atoms with Crippen molar-refractivity contribution in [2.75, 3.05) is 0 Å². The maximum atomic E-state index is 10.5. The topological polar surface area (TPSA) is 43.1 Å². The lowest BCUT2D eigenvalue weighted by atomic mass is 10.0. The van der Waals surface area contributed by atoms with Crippen LogP contribution in [0.1, 0.15) is 20.3 Å². The zero-order chi connectivity index (χ0) is 7.44. The summed E-state index contributed by atoms with van der Waals surface area (Å²) in [4.78, 5) is 10.5. The van der Waals surface area contributed by atoms with Crippen molar-refractivity contribution in [2.24, 2.45) is 11.7 Å². The molecular weight excluding hydrogens is 134 g/mol. The maximum Gasteiger partial charge on any atom is 0.202 e. The molecule has 0 rings (SSSR count). The van der Waals surface area contributed by atoms with Crippen LogP contribution < -0.4 is 5.73 Å². The minimum absolute atomic E-state index is 0.218. The lowest BCUT2D eigenvalue weighted by Crippen LogP contribution is -2.33. The summed E-state index contributed by atoms with van der Waals surface area (Å²) in [7, 11) is 0. The summed E-state index contributed by atoms with van der Waals surface area (Å²) in [5.74, 6) is 0.245. The van der Waals surface area contributed by atoms with Crippen LogP contribution in [-0.2, 0) is 4.79 Å². The lowest BCUT2D eigenvalue weighted by Gasteiger charge is -2.12. The van der Waals surface area contributed by atoms with Crippen LogP contribution in [0.25, 0.3) is 0 Å². The molecule has 0 spiro atoms. The number of carbonyl (C=O) groups excluding carboxylic acids is 1. The Labute approximate surface area is 61.2 Å². The Morgan fingerprint density at radius 1 is 1.78 bits per heavy atom. The third kappa shape index (κ3) is 2.87. The van der Waals surface area contributed by atoms with E-state index in [0.29, 0.717) is 0 Å². The van der Waals surface area contributed by atoms with Gasteiger partial charge in [-0.15, -0.1) is 12.6 Å². The second kappa shape index (κ2) is 3.90. The lowest BCUT2D eigenvalue weighted by molar-refractivity contribution is -0.112. The molecule has 0 aromatic heterocycles. The van der Waals surface area contributed by atoms with E-state index >= 15 is 0 Å². The third-order valence-corrected chi connectivity index (χ3v) is 1.84. The Morgan fingerprint density at radius 2 is 2.22 bits per heavy atom. The fourth-order valence-corrected chi connectivity index (χ4v) is 0.752. The van der Waals surface area contributed by atoms with Gasteiger partial charge in [-0.25, -0.2) is 0 Å². The number of nitrogens with two attached hydrogens (primary N) is 1. The molecule has 0 amide bonds. The van der Waals surface area contributed by atoms with E-state index < -0.39 is 6.04 Å². The largest absolute Gasteiger partial charge is 0.321 e. The van der Waals surface area contributed by atoms with Gasteiger partial charge < -0.3 is 5.73 Å². The van der Waals surface area contributed by atoms with Gasteiger partial charge in [-0.2, -0.15) is 0 Å². The summed E-state index contributed by atoms with van der Waals surface area (Å²) in [6.45, 7) is 3.94. The quantitative estimate of drug-likeness (QED) is 0.580. The van der Waals surface area contributed by atoms with E-state index in [2.05, 4.69) is 12.6 Å². The minimum atomic E-state index is -0.390. The van der Waals surface area contributed by atoms with E-state index in [-0.39, 0.29) is 11.0 Å². The van der Waals surface area contributed by atoms with Gasteiger partial charge in [0, 0.05) is 0 Å². The average molecular weight is 147 g/mol. The third-order valence-electron chi connectivity index (χ3n) is 1.54. The molecule has 0 fully saturated rings. The van der Waals surface area contributed by atoms with Crippen LogP contribution in [0.4, 0.5) is 0 Å². The van der Waals surface area contributed by atoms with E-state index in [1.54, 1.807) is 0 Å². The van der Waals surface area contributed by atoms with Crippen molar-refractivity contribution in [1.29, 1.82) is 0 Å². The van der Waals surface area contributed by atoms with Gasteiger partial charge in [-0.1, -0.05) is 20.3 Å². The zero-order valence-corrected chi connectivity index (χ0v) is 6.69. The SMILES string of the molecule is CCC(C)[C@@H](N)C(=O)S. The summed E-state index contributed by atoms with van der Waals surface area (Å²) in [5.41, 5.74) is 5.44. The van der Waals surface area contributed by atoms with E-state index in [1.807, 2.05) is 13.8 Å². The fourth-order valence-electron chi connectivity index (χ4n) is 0.497. The predicted molar refractivity (Wildman–Crippen MR) is 41.4 cm³/mol. The Balaban J connectivity index is 3.72. The van der Waals surface area contributed by atoms with E-state index in [4.69, 9.17) is 5.73 Å². The maximum absolute atomic E-state index is 10.5. The molecule has 0 radical (unpaired) electrons. The number of hydrogen-bond acceptors (Lipinski definition) is 2. The van der Waals surface area contributed by atoms with Crippen molar-refractivity contribution in [3.8, 4) is 0 Å². The van der Waals surface area contributed by atoms with Crippen LogP contribution in [0.5, 0.6) is 0 Å².